The number of carbonyl (C=O) groups is 2. The van der Waals surface area contributed by atoms with E-state index in [9.17, 15) is 36.6 Å². The molecule has 2 atom stereocenters. The molecular weight excluding hydrogens is 569 g/mol. The van der Waals surface area contributed by atoms with Gasteiger partial charge in [0.25, 0.3) is 18.2 Å². The molecule has 8 nitrogen and oxygen atoms in total. The third kappa shape index (κ3) is 7.32. The average Bonchev–Trinajstić information content (AvgIpc) is 3.70. The summed E-state index contributed by atoms with van der Waals surface area (Å²) in [7, 11) is 0. The first-order valence-electron chi connectivity index (χ1n) is 13.9. The van der Waals surface area contributed by atoms with Crippen LogP contribution in [-0.4, -0.2) is 68.7 Å². The number of carbonyl (C=O) groups excluding carboxylic acids is 2. The van der Waals surface area contributed by atoms with Crippen molar-refractivity contribution in [2.75, 3.05) is 11.9 Å². The van der Waals surface area contributed by atoms with Gasteiger partial charge in [0.05, 0.1) is 17.0 Å². The molecule has 2 aromatic rings. The van der Waals surface area contributed by atoms with Crippen LogP contribution in [0.5, 0.6) is 0 Å². The molecule has 2 aromatic heterocycles. The van der Waals surface area contributed by atoms with Crippen molar-refractivity contribution in [3.8, 4) is 10.4 Å². The number of hydrogen-bond acceptors (Lipinski definition) is 7. The van der Waals surface area contributed by atoms with E-state index in [1.807, 2.05) is 33.0 Å². The number of halogens is 5. The molecule has 2 unspecified atom stereocenters. The summed E-state index contributed by atoms with van der Waals surface area (Å²) in [6.45, 7) is 6.54. The normalized spacial score (nSPS) is 22.8. The number of pyridine rings is 1. The van der Waals surface area contributed by atoms with Gasteiger partial charge in [-0.1, -0.05) is 27.7 Å². The monoisotopic (exact) mass is 605 g/mol. The zero-order chi connectivity index (χ0) is 30.5. The molecule has 14 heteroatoms. The molecule has 0 radical (unpaired) electrons. The lowest BCUT2D eigenvalue weighted by Crippen LogP contribution is -2.50. The number of aliphatic hydroxyl groups excluding tert-OH is 1. The highest BCUT2D eigenvalue weighted by atomic mass is 32.1. The van der Waals surface area contributed by atoms with Gasteiger partial charge in [-0.05, 0) is 44.6 Å². The zero-order valence-electron chi connectivity index (χ0n) is 23.4. The number of anilines is 1. The van der Waals surface area contributed by atoms with Gasteiger partial charge in [-0.15, -0.1) is 11.3 Å². The van der Waals surface area contributed by atoms with Crippen LogP contribution in [0.2, 0.25) is 0 Å². The second kappa shape index (κ2) is 13.9. The van der Waals surface area contributed by atoms with E-state index >= 15 is 0 Å². The summed E-state index contributed by atoms with van der Waals surface area (Å²) in [5.41, 5.74) is -0.978. The van der Waals surface area contributed by atoms with Crippen LogP contribution < -0.4 is 10.6 Å². The average molecular weight is 606 g/mol. The van der Waals surface area contributed by atoms with Gasteiger partial charge in [0.1, 0.15) is 18.1 Å². The maximum Gasteiger partial charge on any atom is 0.405 e. The van der Waals surface area contributed by atoms with Crippen molar-refractivity contribution >= 4 is 29.0 Å². The number of amides is 2. The number of alkyl halides is 5. The molecule has 2 saturated heterocycles. The Morgan fingerprint density at radius 2 is 1.68 bits per heavy atom. The largest absolute Gasteiger partial charge is 0.405 e. The number of aromatic nitrogens is 2. The van der Waals surface area contributed by atoms with Crippen LogP contribution >= 0.6 is 11.3 Å². The van der Waals surface area contributed by atoms with E-state index in [0.717, 1.165) is 49.3 Å². The summed E-state index contributed by atoms with van der Waals surface area (Å²) in [5.74, 6) is -1.52. The Hall–Kier alpha value is -2.87. The molecule has 5 rings (SSSR count). The Labute approximate surface area is 239 Å². The van der Waals surface area contributed by atoms with Gasteiger partial charge in [-0.3, -0.25) is 9.59 Å². The Kier molecular flexibility index (Phi) is 11.0. The molecule has 2 amide bonds. The molecular formula is C27H36F5N5O3S. The van der Waals surface area contributed by atoms with E-state index in [2.05, 4.69) is 15.3 Å². The minimum absolute atomic E-state index is 0.000722. The highest BCUT2D eigenvalue weighted by Crippen LogP contribution is 2.42. The van der Waals surface area contributed by atoms with Crippen molar-refractivity contribution in [1.29, 1.82) is 0 Å². The van der Waals surface area contributed by atoms with Crippen molar-refractivity contribution in [2.45, 2.75) is 103 Å². The zero-order valence-corrected chi connectivity index (χ0v) is 24.2. The standard InChI is InChI=1S/C23H24F5N5O3S.2C2H6/c24-19(25)12-7-16(30-9-23(26,27)28)29-8-13(12)18-17(22(36)33-10-1-2-11(33)4-3-10)32-21(37-18)20(35)31-14-5-6-15(14)34;2*1-2/h7-8,10-11,14-15,19,34H,1-6,9H2,(H,29,30)(H,31,35);2*1-2H3. The summed E-state index contributed by atoms with van der Waals surface area (Å²) in [6, 6.07) is 0.363. The van der Waals surface area contributed by atoms with Gasteiger partial charge >= 0.3 is 6.18 Å². The fourth-order valence-electron chi connectivity index (χ4n) is 5.12. The van der Waals surface area contributed by atoms with E-state index in [0.29, 0.717) is 12.8 Å². The number of rotatable bonds is 7. The SMILES string of the molecule is CC.CC.O=C(NC1CCC1O)c1nc(C(=O)N2C3CCC2CC3)c(-c2cnc(NCC(F)(F)F)cc2C(F)F)s1. The fourth-order valence-corrected chi connectivity index (χ4v) is 6.11. The Morgan fingerprint density at radius 3 is 2.17 bits per heavy atom. The van der Waals surface area contributed by atoms with Gasteiger partial charge < -0.3 is 20.6 Å². The summed E-state index contributed by atoms with van der Waals surface area (Å²) < 4.78 is 65.9. The number of hydrogen-bond donors (Lipinski definition) is 3. The minimum Gasteiger partial charge on any atom is -0.391 e. The second-order valence-electron chi connectivity index (χ2n) is 9.52. The first kappa shape index (κ1) is 32.6. The number of fused-ring (bicyclic) bond motifs is 2. The third-order valence-corrected chi connectivity index (χ3v) is 8.24. The Morgan fingerprint density at radius 1 is 1.07 bits per heavy atom. The molecule has 228 valence electrons. The van der Waals surface area contributed by atoms with E-state index in [1.165, 1.54) is 0 Å². The molecule has 41 heavy (non-hydrogen) atoms. The van der Waals surface area contributed by atoms with Crippen molar-refractivity contribution in [1.82, 2.24) is 20.2 Å². The van der Waals surface area contributed by atoms with Crippen LogP contribution in [0.1, 0.15) is 98.5 Å². The lowest BCUT2D eigenvalue weighted by atomic mass is 9.89. The van der Waals surface area contributed by atoms with Crippen LogP contribution in [0.15, 0.2) is 12.3 Å². The van der Waals surface area contributed by atoms with Crippen molar-refractivity contribution in [3.63, 3.8) is 0 Å². The van der Waals surface area contributed by atoms with Gasteiger partial charge in [-0.25, -0.2) is 18.7 Å². The van der Waals surface area contributed by atoms with Gasteiger partial charge in [0.15, 0.2) is 5.01 Å². The quantitative estimate of drug-likeness (QED) is 0.325. The van der Waals surface area contributed by atoms with Gasteiger partial charge in [0, 0.05) is 29.4 Å². The summed E-state index contributed by atoms with van der Waals surface area (Å²) >= 11 is 0.738. The molecule has 3 aliphatic rings. The molecule has 3 N–H and O–H groups in total. The predicted octanol–water partition coefficient (Wildman–Crippen LogP) is 6.19. The van der Waals surface area contributed by atoms with E-state index in [-0.39, 0.29) is 33.2 Å². The van der Waals surface area contributed by atoms with Crippen molar-refractivity contribution < 1.29 is 36.6 Å². The molecule has 2 aliphatic heterocycles. The molecule has 0 spiro atoms. The Bertz CT molecular complexity index is 1190. The topological polar surface area (TPSA) is 107 Å². The number of nitrogens with one attached hydrogen (secondary N) is 2. The lowest BCUT2D eigenvalue weighted by Gasteiger charge is -2.32. The molecule has 1 aliphatic carbocycles. The van der Waals surface area contributed by atoms with E-state index < -0.39 is 54.5 Å². The van der Waals surface area contributed by atoms with Gasteiger partial charge in [0.2, 0.25) is 0 Å². The molecule has 1 saturated carbocycles. The lowest BCUT2D eigenvalue weighted by molar-refractivity contribution is -0.115. The maximum atomic E-state index is 14.1. The fraction of sp³-hybridized carbons (Fsp3) is 0.630. The smallest absolute Gasteiger partial charge is 0.391 e. The maximum absolute atomic E-state index is 14.1. The summed E-state index contributed by atoms with van der Waals surface area (Å²) in [6.07, 6.45) is -2.99. The van der Waals surface area contributed by atoms with Crippen LogP contribution in [0.3, 0.4) is 0 Å². The highest BCUT2D eigenvalue weighted by molar-refractivity contribution is 7.17. The van der Waals surface area contributed by atoms with Crippen molar-refractivity contribution in [3.05, 3.63) is 28.5 Å². The van der Waals surface area contributed by atoms with Crippen LogP contribution in [0.4, 0.5) is 27.8 Å². The number of nitrogens with zero attached hydrogens (tertiary/aromatic N) is 3. The third-order valence-electron chi connectivity index (χ3n) is 7.15. The number of aliphatic hydroxyl groups is 1. The molecule has 3 fully saturated rings. The van der Waals surface area contributed by atoms with Gasteiger partial charge in [-0.2, -0.15) is 13.2 Å². The van der Waals surface area contributed by atoms with Crippen molar-refractivity contribution in [2.24, 2.45) is 0 Å². The highest BCUT2D eigenvalue weighted by Gasteiger charge is 2.44. The van der Waals surface area contributed by atoms with Crippen LogP contribution in [-0.2, 0) is 0 Å². The first-order valence-corrected chi connectivity index (χ1v) is 14.7. The van der Waals surface area contributed by atoms with Crippen LogP contribution in [0.25, 0.3) is 10.4 Å². The second-order valence-corrected chi connectivity index (χ2v) is 10.5. The van der Waals surface area contributed by atoms with E-state index in [4.69, 9.17) is 0 Å². The number of thiazole rings is 1. The summed E-state index contributed by atoms with van der Waals surface area (Å²) in [5, 5.41) is 14.3. The predicted molar refractivity (Wildman–Crippen MR) is 146 cm³/mol. The molecule has 4 heterocycles. The minimum atomic E-state index is -4.58. The molecule has 0 aromatic carbocycles. The van der Waals surface area contributed by atoms with E-state index in [1.54, 1.807) is 4.90 Å². The Balaban J connectivity index is 0.00000111. The molecule has 2 bridgehead atoms. The first-order chi connectivity index (χ1) is 19.5. The van der Waals surface area contributed by atoms with Crippen LogP contribution in [0, 0.1) is 0 Å². The summed E-state index contributed by atoms with van der Waals surface area (Å²) in [4.78, 5) is 36.2.